The van der Waals surface area contributed by atoms with Gasteiger partial charge in [0.25, 0.3) is 0 Å². The van der Waals surface area contributed by atoms with E-state index < -0.39 is 18.6 Å². The van der Waals surface area contributed by atoms with E-state index in [9.17, 15) is 13.2 Å². The third kappa shape index (κ3) is 4.02. The van der Waals surface area contributed by atoms with Gasteiger partial charge >= 0.3 is 6.18 Å². The summed E-state index contributed by atoms with van der Waals surface area (Å²) in [6, 6.07) is 4.42. The molecule has 1 rings (SSSR count). The highest BCUT2D eigenvalue weighted by Crippen LogP contribution is 2.28. The lowest BCUT2D eigenvalue weighted by molar-refractivity contribution is -0.136. The Morgan fingerprint density at radius 3 is 2.50 bits per heavy atom. The quantitative estimate of drug-likeness (QED) is 0.864. The van der Waals surface area contributed by atoms with Crippen molar-refractivity contribution in [1.82, 2.24) is 0 Å². The van der Waals surface area contributed by atoms with E-state index in [1.54, 1.807) is 25.1 Å². The molecule has 0 aliphatic rings. The lowest BCUT2D eigenvalue weighted by Crippen LogP contribution is -2.16. The topological polar surface area (TPSA) is 26.0 Å². The molecule has 0 aliphatic heterocycles. The Bertz CT molecular complexity index is 363. The van der Waals surface area contributed by atoms with Gasteiger partial charge in [-0.2, -0.15) is 13.2 Å². The SMILES string of the molecule is Cc1cc(Cl)ccc1[C@H](N)CCC(F)(F)F. The Morgan fingerprint density at radius 1 is 1.38 bits per heavy atom. The maximum atomic E-state index is 12.0. The molecule has 1 aromatic rings. The summed E-state index contributed by atoms with van der Waals surface area (Å²) in [5.41, 5.74) is 7.25. The van der Waals surface area contributed by atoms with Crippen LogP contribution in [0, 0.1) is 6.92 Å². The Morgan fingerprint density at radius 2 is 2.00 bits per heavy atom. The van der Waals surface area contributed by atoms with Crippen molar-refractivity contribution in [1.29, 1.82) is 0 Å². The van der Waals surface area contributed by atoms with Gasteiger partial charge in [-0.25, -0.2) is 0 Å². The van der Waals surface area contributed by atoms with E-state index >= 15 is 0 Å². The van der Waals surface area contributed by atoms with Crippen LogP contribution in [0.3, 0.4) is 0 Å². The van der Waals surface area contributed by atoms with E-state index in [1.807, 2.05) is 0 Å². The van der Waals surface area contributed by atoms with Gasteiger partial charge < -0.3 is 5.73 Å². The van der Waals surface area contributed by atoms with E-state index in [-0.39, 0.29) is 6.42 Å². The molecule has 0 aromatic heterocycles. The third-order valence-corrected chi connectivity index (χ3v) is 2.61. The summed E-state index contributed by atoms with van der Waals surface area (Å²) in [5, 5.41) is 0.560. The molecule has 0 spiro atoms. The van der Waals surface area contributed by atoms with Gasteiger partial charge in [0.1, 0.15) is 0 Å². The second-order valence-corrected chi connectivity index (χ2v) is 4.20. The summed E-state index contributed by atoms with van der Waals surface area (Å²) in [5.74, 6) is 0. The van der Waals surface area contributed by atoms with E-state index in [2.05, 4.69) is 0 Å². The minimum absolute atomic E-state index is 0.105. The van der Waals surface area contributed by atoms with E-state index in [1.165, 1.54) is 0 Å². The Kier molecular flexibility index (Phi) is 4.21. The molecule has 5 heteroatoms. The van der Waals surface area contributed by atoms with Crippen LogP contribution in [0.1, 0.15) is 30.0 Å². The second kappa shape index (κ2) is 5.06. The number of benzene rings is 1. The molecule has 90 valence electrons. The van der Waals surface area contributed by atoms with Gasteiger partial charge in [0, 0.05) is 17.5 Å². The fourth-order valence-electron chi connectivity index (χ4n) is 1.53. The first-order valence-electron chi connectivity index (χ1n) is 4.88. The molecular formula is C11H13ClF3N. The maximum Gasteiger partial charge on any atom is 0.389 e. The van der Waals surface area contributed by atoms with Crippen molar-refractivity contribution < 1.29 is 13.2 Å². The fraction of sp³-hybridized carbons (Fsp3) is 0.455. The molecule has 0 saturated heterocycles. The van der Waals surface area contributed by atoms with Crippen molar-refractivity contribution in [2.75, 3.05) is 0 Å². The van der Waals surface area contributed by atoms with Crippen LogP contribution in [0.25, 0.3) is 0 Å². The fourth-order valence-corrected chi connectivity index (χ4v) is 1.76. The molecule has 0 heterocycles. The predicted octanol–water partition coefficient (Wildman–Crippen LogP) is 3.99. The van der Waals surface area contributed by atoms with E-state index in [0.29, 0.717) is 10.6 Å². The van der Waals surface area contributed by atoms with E-state index in [4.69, 9.17) is 17.3 Å². The summed E-state index contributed by atoms with van der Waals surface area (Å²) >= 11 is 5.75. The molecule has 0 radical (unpaired) electrons. The highest BCUT2D eigenvalue weighted by atomic mass is 35.5. The predicted molar refractivity (Wildman–Crippen MR) is 58.4 cm³/mol. The third-order valence-electron chi connectivity index (χ3n) is 2.37. The summed E-state index contributed by atoms with van der Waals surface area (Å²) in [6.07, 6.45) is -5.12. The van der Waals surface area contributed by atoms with Gasteiger partial charge in [-0.1, -0.05) is 17.7 Å². The molecule has 1 nitrogen and oxygen atoms in total. The van der Waals surface area contributed by atoms with Gasteiger partial charge in [-0.05, 0) is 36.6 Å². The van der Waals surface area contributed by atoms with Crippen molar-refractivity contribution >= 4 is 11.6 Å². The van der Waals surface area contributed by atoms with Crippen molar-refractivity contribution in [3.05, 3.63) is 34.3 Å². The lowest BCUT2D eigenvalue weighted by atomic mass is 9.98. The molecule has 0 fully saturated rings. The van der Waals surface area contributed by atoms with Gasteiger partial charge in [-0.3, -0.25) is 0 Å². The largest absolute Gasteiger partial charge is 0.389 e. The zero-order chi connectivity index (χ0) is 12.3. The molecule has 1 atom stereocenters. The highest BCUT2D eigenvalue weighted by molar-refractivity contribution is 6.30. The molecule has 16 heavy (non-hydrogen) atoms. The van der Waals surface area contributed by atoms with Crippen LogP contribution in [-0.4, -0.2) is 6.18 Å². The molecular weight excluding hydrogens is 239 g/mol. The van der Waals surface area contributed by atoms with Gasteiger partial charge in [0.05, 0.1) is 0 Å². The molecule has 0 unspecified atom stereocenters. The second-order valence-electron chi connectivity index (χ2n) is 3.76. The van der Waals surface area contributed by atoms with Crippen LogP contribution in [0.5, 0.6) is 0 Å². The van der Waals surface area contributed by atoms with Crippen LogP contribution in [0.15, 0.2) is 18.2 Å². The average molecular weight is 252 g/mol. The maximum absolute atomic E-state index is 12.0. The highest BCUT2D eigenvalue weighted by Gasteiger charge is 2.28. The number of hydrogen-bond donors (Lipinski definition) is 1. The van der Waals surface area contributed by atoms with Crippen LogP contribution >= 0.6 is 11.6 Å². The standard InChI is InChI=1S/C11H13ClF3N/c1-7-6-8(12)2-3-9(7)10(16)4-5-11(13,14)15/h2-3,6,10H,4-5,16H2,1H3/t10-/m1/s1. The molecule has 1 aromatic carbocycles. The van der Waals surface area contributed by atoms with Crippen molar-refractivity contribution in [3.63, 3.8) is 0 Å². The first kappa shape index (κ1) is 13.3. The Hall–Kier alpha value is -0.740. The molecule has 0 bridgehead atoms. The average Bonchev–Trinajstić information content (AvgIpc) is 2.13. The van der Waals surface area contributed by atoms with Crippen LogP contribution in [0.2, 0.25) is 5.02 Å². The first-order valence-corrected chi connectivity index (χ1v) is 5.26. The van der Waals surface area contributed by atoms with Gasteiger partial charge in [0.15, 0.2) is 0 Å². The van der Waals surface area contributed by atoms with Crippen LogP contribution in [0.4, 0.5) is 13.2 Å². The zero-order valence-electron chi connectivity index (χ0n) is 8.81. The molecule has 0 amide bonds. The Labute approximate surface area is 97.4 Å². The van der Waals surface area contributed by atoms with Gasteiger partial charge in [-0.15, -0.1) is 0 Å². The number of alkyl halides is 3. The lowest BCUT2D eigenvalue weighted by Gasteiger charge is -2.16. The minimum Gasteiger partial charge on any atom is -0.324 e. The number of hydrogen-bond acceptors (Lipinski definition) is 1. The summed E-state index contributed by atoms with van der Waals surface area (Å²) < 4.78 is 36.1. The first-order chi connectivity index (χ1) is 7.29. The summed E-state index contributed by atoms with van der Waals surface area (Å²) in [6.45, 7) is 1.79. The molecule has 0 aliphatic carbocycles. The molecule has 2 N–H and O–H groups in total. The van der Waals surface area contributed by atoms with Crippen LogP contribution < -0.4 is 5.73 Å². The summed E-state index contributed by atoms with van der Waals surface area (Å²) in [7, 11) is 0. The van der Waals surface area contributed by atoms with Crippen molar-refractivity contribution in [2.45, 2.75) is 32.0 Å². The normalized spacial score (nSPS) is 13.9. The minimum atomic E-state index is -4.15. The molecule has 0 saturated carbocycles. The van der Waals surface area contributed by atoms with Crippen LogP contribution in [-0.2, 0) is 0 Å². The Balaban J connectivity index is 2.70. The number of rotatable bonds is 3. The monoisotopic (exact) mass is 251 g/mol. The van der Waals surface area contributed by atoms with Crippen molar-refractivity contribution in [3.8, 4) is 0 Å². The number of nitrogens with two attached hydrogens (primary N) is 1. The zero-order valence-corrected chi connectivity index (χ0v) is 9.57. The smallest absolute Gasteiger partial charge is 0.324 e. The summed E-state index contributed by atoms with van der Waals surface area (Å²) in [4.78, 5) is 0. The van der Waals surface area contributed by atoms with Gasteiger partial charge in [0.2, 0.25) is 0 Å². The number of halogens is 4. The number of aryl methyl sites for hydroxylation is 1. The van der Waals surface area contributed by atoms with E-state index in [0.717, 1.165) is 5.56 Å². The van der Waals surface area contributed by atoms with Crippen molar-refractivity contribution in [2.24, 2.45) is 5.73 Å².